The van der Waals surface area contributed by atoms with Crippen LogP contribution in [0.2, 0.25) is 0 Å². The van der Waals surface area contributed by atoms with Crippen LogP contribution in [0.5, 0.6) is 0 Å². The molecule has 2 aliphatic carbocycles. The molecular weight excluding hydrogens is 164 g/mol. The molecule has 0 atom stereocenters. The zero-order chi connectivity index (χ0) is 8.89. The molecule has 0 radical (unpaired) electrons. The fourth-order valence-corrected chi connectivity index (χ4v) is 2.69. The average Bonchev–Trinajstić information content (AvgIpc) is 2.56. The second kappa shape index (κ2) is 2.47. The highest BCUT2D eigenvalue weighted by Gasteiger charge is 2.56. The van der Waals surface area contributed by atoms with Gasteiger partial charge in [0.05, 0.1) is 12.2 Å². The van der Waals surface area contributed by atoms with Crippen molar-refractivity contribution in [3.63, 3.8) is 0 Å². The van der Waals surface area contributed by atoms with Gasteiger partial charge >= 0.3 is 0 Å². The minimum atomic E-state index is -0.0808. The van der Waals surface area contributed by atoms with Crippen molar-refractivity contribution in [2.75, 3.05) is 6.67 Å². The summed E-state index contributed by atoms with van der Waals surface area (Å²) in [5.74, 6) is 0.388. The molecule has 1 saturated heterocycles. The van der Waals surface area contributed by atoms with E-state index in [0.29, 0.717) is 11.9 Å². The van der Waals surface area contributed by atoms with Gasteiger partial charge < -0.3 is 4.90 Å². The van der Waals surface area contributed by atoms with Gasteiger partial charge in [-0.25, -0.2) is 0 Å². The molecule has 13 heavy (non-hydrogen) atoms. The molecule has 0 bridgehead atoms. The van der Waals surface area contributed by atoms with E-state index in [4.69, 9.17) is 0 Å². The molecule has 1 spiro atoms. The molecule has 1 aliphatic heterocycles. The summed E-state index contributed by atoms with van der Waals surface area (Å²) >= 11 is 0. The molecule has 3 fully saturated rings. The number of hydrogen-bond acceptors (Lipinski definition) is 2. The molecule has 1 heterocycles. The molecule has 0 aromatic rings. The first-order chi connectivity index (χ1) is 6.32. The molecule has 0 aromatic carbocycles. The van der Waals surface area contributed by atoms with E-state index in [9.17, 15) is 4.79 Å². The second-order valence-electron chi connectivity index (χ2n) is 4.63. The molecule has 0 aromatic heterocycles. The fourth-order valence-electron chi connectivity index (χ4n) is 2.69. The summed E-state index contributed by atoms with van der Waals surface area (Å²) in [4.78, 5) is 14.0. The Morgan fingerprint density at radius 3 is 2.54 bits per heavy atom. The smallest absolute Gasteiger partial charge is 0.244 e. The Balaban J connectivity index is 1.75. The Bertz CT molecular complexity index is 241. The van der Waals surface area contributed by atoms with Crippen LogP contribution in [0, 0.1) is 0 Å². The van der Waals surface area contributed by atoms with Crippen molar-refractivity contribution < 1.29 is 4.79 Å². The maximum Gasteiger partial charge on any atom is 0.244 e. The van der Waals surface area contributed by atoms with Crippen molar-refractivity contribution in [1.29, 1.82) is 0 Å². The van der Waals surface area contributed by atoms with Gasteiger partial charge in [-0.15, -0.1) is 0 Å². The van der Waals surface area contributed by atoms with E-state index in [-0.39, 0.29) is 5.54 Å². The lowest BCUT2D eigenvalue weighted by Gasteiger charge is -2.22. The number of carbonyl (C=O) groups excluding carboxylic acids is 1. The van der Waals surface area contributed by atoms with Gasteiger partial charge in [-0.3, -0.25) is 10.1 Å². The van der Waals surface area contributed by atoms with Gasteiger partial charge in [0.15, 0.2) is 0 Å². The summed E-state index contributed by atoms with van der Waals surface area (Å²) in [6.45, 7) is 0.809. The predicted molar refractivity (Wildman–Crippen MR) is 49.1 cm³/mol. The second-order valence-corrected chi connectivity index (χ2v) is 4.63. The summed E-state index contributed by atoms with van der Waals surface area (Å²) in [7, 11) is 0. The van der Waals surface area contributed by atoms with Crippen molar-refractivity contribution in [2.24, 2.45) is 0 Å². The molecule has 0 unspecified atom stereocenters. The number of nitrogens with zero attached hydrogens (tertiary/aromatic N) is 1. The molecule has 1 amide bonds. The van der Waals surface area contributed by atoms with Gasteiger partial charge in [0.2, 0.25) is 5.91 Å². The zero-order valence-electron chi connectivity index (χ0n) is 7.88. The van der Waals surface area contributed by atoms with Crippen LogP contribution in [0.15, 0.2) is 0 Å². The third-order valence-electron chi connectivity index (χ3n) is 3.77. The summed E-state index contributed by atoms with van der Waals surface area (Å²) in [5, 5.41) is 3.36. The quantitative estimate of drug-likeness (QED) is 0.649. The molecule has 3 nitrogen and oxygen atoms in total. The van der Waals surface area contributed by atoms with Crippen LogP contribution >= 0.6 is 0 Å². The molecule has 3 rings (SSSR count). The Hall–Kier alpha value is -0.570. The Morgan fingerprint density at radius 2 is 2.00 bits per heavy atom. The van der Waals surface area contributed by atoms with Crippen LogP contribution in [-0.4, -0.2) is 29.1 Å². The number of carbonyl (C=O) groups is 1. The fraction of sp³-hybridized carbons (Fsp3) is 0.900. The minimum Gasteiger partial charge on any atom is -0.325 e. The first-order valence-electron chi connectivity index (χ1n) is 5.38. The van der Waals surface area contributed by atoms with Crippen molar-refractivity contribution in [1.82, 2.24) is 10.2 Å². The third kappa shape index (κ3) is 1.03. The zero-order valence-corrected chi connectivity index (χ0v) is 7.88. The lowest BCUT2D eigenvalue weighted by Crippen LogP contribution is -2.37. The van der Waals surface area contributed by atoms with Crippen molar-refractivity contribution in [3.8, 4) is 0 Å². The van der Waals surface area contributed by atoms with Gasteiger partial charge in [-0.1, -0.05) is 12.8 Å². The van der Waals surface area contributed by atoms with Crippen molar-refractivity contribution in [3.05, 3.63) is 0 Å². The summed E-state index contributed by atoms with van der Waals surface area (Å²) < 4.78 is 0. The molecule has 72 valence electrons. The Morgan fingerprint density at radius 1 is 1.31 bits per heavy atom. The normalized spacial score (nSPS) is 32.0. The predicted octanol–water partition coefficient (Wildman–Crippen LogP) is 0.851. The highest BCUT2D eigenvalue weighted by molar-refractivity contribution is 5.91. The Labute approximate surface area is 78.5 Å². The number of hydrogen-bond donors (Lipinski definition) is 1. The maximum atomic E-state index is 11.9. The van der Waals surface area contributed by atoms with Gasteiger partial charge in [0, 0.05) is 6.04 Å². The number of nitrogens with one attached hydrogen (secondary N) is 1. The summed E-state index contributed by atoms with van der Waals surface area (Å²) in [6, 6.07) is 0.556. The van der Waals surface area contributed by atoms with E-state index in [1.165, 1.54) is 25.7 Å². The molecule has 3 heteroatoms. The standard InChI is InChI=1S/C10H16N2O/c13-9-10(5-6-10)11-7-12(9)8-3-1-2-4-8/h8,11H,1-7H2. The average molecular weight is 180 g/mol. The first-order valence-corrected chi connectivity index (χ1v) is 5.38. The largest absolute Gasteiger partial charge is 0.325 e. The number of amides is 1. The van der Waals surface area contributed by atoms with Gasteiger partial charge in [-0.05, 0) is 25.7 Å². The highest BCUT2D eigenvalue weighted by atomic mass is 16.2. The SMILES string of the molecule is O=C1N(C2CCCC2)CNC12CC2. The highest BCUT2D eigenvalue weighted by Crippen LogP contribution is 2.42. The van der Waals surface area contributed by atoms with E-state index >= 15 is 0 Å². The van der Waals surface area contributed by atoms with Crippen molar-refractivity contribution >= 4 is 5.91 Å². The summed E-state index contributed by atoms with van der Waals surface area (Å²) in [5.41, 5.74) is -0.0808. The monoisotopic (exact) mass is 180 g/mol. The Kier molecular flexibility index (Phi) is 1.48. The third-order valence-corrected chi connectivity index (χ3v) is 3.77. The maximum absolute atomic E-state index is 11.9. The van der Waals surface area contributed by atoms with Crippen LogP contribution in [0.4, 0.5) is 0 Å². The van der Waals surface area contributed by atoms with E-state index in [2.05, 4.69) is 10.2 Å². The van der Waals surface area contributed by atoms with Crippen LogP contribution < -0.4 is 5.32 Å². The lowest BCUT2D eigenvalue weighted by molar-refractivity contribution is -0.131. The topological polar surface area (TPSA) is 32.3 Å². The van der Waals surface area contributed by atoms with Crippen LogP contribution in [-0.2, 0) is 4.79 Å². The van der Waals surface area contributed by atoms with E-state index in [1.54, 1.807) is 0 Å². The lowest BCUT2D eigenvalue weighted by atomic mass is 10.2. The van der Waals surface area contributed by atoms with Crippen LogP contribution in [0.3, 0.4) is 0 Å². The summed E-state index contributed by atoms with van der Waals surface area (Å²) in [6.07, 6.45) is 7.19. The van der Waals surface area contributed by atoms with Gasteiger partial charge in [-0.2, -0.15) is 0 Å². The van der Waals surface area contributed by atoms with E-state index in [1.807, 2.05) is 0 Å². The number of rotatable bonds is 1. The molecular formula is C10H16N2O. The van der Waals surface area contributed by atoms with E-state index in [0.717, 1.165) is 19.5 Å². The van der Waals surface area contributed by atoms with Crippen LogP contribution in [0.25, 0.3) is 0 Å². The molecule has 2 saturated carbocycles. The molecule has 1 N–H and O–H groups in total. The van der Waals surface area contributed by atoms with Gasteiger partial charge in [0.1, 0.15) is 0 Å². The molecule has 3 aliphatic rings. The van der Waals surface area contributed by atoms with E-state index < -0.39 is 0 Å². The minimum absolute atomic E-state index is 0.0808. The van der Waals surface area contributed by atoms with Crippen LogP contribution in [0.1, 0.15) is 38.5 Å². The first kappa shape index (κ1) is 7.80. The van der Waals surface area contributed by atoms with Crippen molar-refractivity contribution in [2.45, 2.75) is 50.1 Å². The van der Waals surface area contributed by atoms with Gasteiger partial charge in [0.25, 0.3) is 0 Å².